The Morgan fingerprint density at radius 3 is 2.26 bits per heavy atom. The molecule has 0 aliphatic rings. The van der Waals surface area contributed by atoms with Crippen molar-refractivity contribution in [2.24, 2.45) is 0 Å². The molecule has 2 rings (SSSR count). The molecule has 1 unspecified atom stereocenters. The molecule has 0 bridgehead atoms. The number of nitrogens with one attached hydrogen (secondary N) is 1. The van der Waals surface area contributed by atoms with Crippen molar-refractivity contribution in [3.8, 4) is 0 Å². The molecule has 1 atom stereocenters. The molecule has 1 amide bonds. The molecule has 2 aromatic rings. The van der Waals surface area contributed by atoms with Gasteiger partial charge in [0.25, 0.3) is 11.4 Å². The zero-order valence-corrected chi connectivity index (χ0v) is 17.7. The Kier molecular flexibility index (Phi) is 8.50. The molecule has 164 valence electrons. The van der Waals surface area contributed by atoms with Crippen LogP contribution in [0.2, 0.25) is 0 Å². The summed E-state index contributed by atoms with van der Waals surface area (Å²) in [7, 11) is 0. The van der Waals surface area contributed by atoms with E-state index in [0.29, 0.717) is 4.90 Å². The van der Waals surface area contributed by atoms with E-state index < -0.39 is 27.8 Å². The zero-order valence-electron chi connectivity index (χ0n) is 16.8. The van der Waals surface area contributed by atoms with Crippen molar-refractivity contribution < 1.29 is 24.2 Å². The molecule has 0 saturated heterocycles. The summed E-state index contributed by atoms with van der Waals surface area (Å²) in [4.78, 5) is 46.3. The van der Waals surface area contributed by atoms with Gasteiger partial charge in [-0.1, -0.05) is 18.2 Å². The molecule has 0 aliphatic heterocycles. The Balaban J connectivity index is 2.12. The van der Waals surface area contributed by atoms with Crippen molar-refractivity contribution in [3.05, 3.63) is 74.3 Å². The largest absolute Gasteiger partial charge is 0.463 e. The fourth-order valence-electron chi connectivity index (χ4n) is 2.71. The number of para-hydroxylation sites is 1. The molecule has 0 aromatic heterocycles. The maximum atomic E-state index is 12.5. The van der Waals surface area contributed by atoms with E-state index in [4.69, 9.17) is 4.74 Å². The highest BCUT2D eigenvalue weighted by Crippen LogP contribution is 2.28. The van der Waals surface area contributed by atoms with E-state index in [2.05, 4.69) is 5.32 Å². The summed E-state index contributed by atoms with van der Waals surface area (Å²) >= 11 is 1.14. The number of hydrogen-bond donors (Lipinski definition) is 1. The van der Waals surface area contributed by atoms with Gasteiger partial charge in [-0.05, 0) is 26.0 Å². The van der Waals surface area contributed by atoms with Crippen LogP contribution in [-0.4, -0.2) is 33.6 Å². The lowest BCUT2D eigenvalue weighted by Crippen LogP contribution is -2.32. The summed E-state index contributed by atoms with van der Waals surface area (Å²) in [6.07, 6.45) is -0.635. The number of nitrogens with zero attached hydrogens (tertiary/aromatic N) is 2. The highest BCUT2D eigenvalue weighted by Gasteiger charge is 2.26. The first-order chi connectivity index (χ1) is 14.7. The van der Waals surface area contributed by atoms with E-state index in [0.717, 1.165) is 11.8 Å². The van der Waals surface area contributed by atoms with Gasteiger partial charge >= 0.3 is 5.97 Å². The van der Waals surface area contributed by atoms with Crippen molar-refractivity contribution in [2.75, 3.05) is 5.75 Å². The number of carbonyl (C=O) groups is 2. The van der Waals surface area contributed by atoms with Crippen molar-refractivity contribution in [3.63, 3.8) is 0 Å². The van der Waals surface area contributed by atoms with Crippen LogP contribution in [0.25, 0.3) is 0 Å². The Morgan fingerprint density at radius 1 is 1.03 bits per heavy atom. The average Bonchev–Trinajstić information content (AvgIpc) is 2.71. The minimum atomic E-state index is -0.946. The summed E-state index contributed by atoms with van der Waals surface area (Å²) in [5.41, 5.74) is -0.0796. The number of carbonyl (C=O) groups excluding carboxylic acids is 2. The molecule has 0 fully saturated rings. The molecule has 31 heavy (non-hydrogen) atoms. The number of amides is 1. The molecular weight excluding hydrogens is 426 g/mol. The monoisotopic (exact) mass is 447 g/mol. The van der Waals surface area contributed by atoms with Crippen LogP contribution in [0.15, 0.2) is 53.4 Å². The number of non-ortho nitro benzene ring substituents is 1. The van der Waals surface area contributed by atoms with Gasteiger partial charge in [-0.15, -0.1) is 11.8 Å². The van der Waals surface area contributed by atoms with Crippen molar-refractivity contribution >= 4 is 35.0 Å². The molecule has 0 heterocycles. The summed E-state index contributed by atoms with van der Waals surface area (Å²) in [6.45, 7) is 3.36. The Bertz CT molecular complexity index is 964. The second kappa shape index (κ2) is 11.1. The SMILES string of the molecule is CC(C)OC(=O)CC(NC(=O)CSc1ccc([N+](=O)[O-])cc1)c1ccccc1[N+](=O)[O-]. The fraction of sp³-hybridized carbons (Fsp3) is 0.300. The Hall–Kier alpha value is -3.47. The molecule has 0 saturated carbocycles. The minimum Gasteiger partial charge on any atom is -0.463 e. The van der Waals surface area contributed by atoms with Crippen LogP contribution in [0, 0.1) is 20.2 Å². The number of benzene rings is 2. The van der Waals surface area contributed by atoms with Gasteiger partial charge in [0.2, 0.25) is 5.91 Å². The number of hydrogen-bond acceptors (Lipinski definition) is 8. The van der Waals surface area contributed by atoms with Crippen LogP contribution in [0.3, 0.4) is 0 Å². The molecule has 0 radical (unpaired) electrons. The van der Waals surface area contributed by atoms with Crippen LogP contribution in [0.5, 0.6) is 0 Å². The van der Waals surface area contributed by atoms with E-state index >= 15 is 0 Å². The first-order valence-electron chi connectivity index (χ1n) is 9.26. The third-order valence-electron chi connectivity index (χ3n) is 4.00. The number of thioether (sulfide) groups is 1. The predicted octanol–water partition coefficient (Wildman–Crippen LogP) is 3.79. The number of esters is 1. The first-order valence-corrected chi connectivity index (χ1v) is 10.3. The van der Waals surface area contributed by atoms with E-state index in [1.54, 1.807) is 19.9 Å². The van der Waals surface area contributed by atoms with Gasteiger partial charge in [0.15, 0.2) is 0 Å². The summed E-state index contributed by atoms with van der Waals surface area (Å²) in [5, 5.41) is 24.8. The van der Waals surface area contributed by atoms with Crippen LogP contribution in [-0.2, 0) is 14.3 Å². The Morgan fingerprint density at radius 2 is 1.68 bits per heavy atom. The number of nitro groups is 2. The third-order valence-corrected chi connectivity index (χ3v) is 5.01. The number of ether oxygens (including phenoxy) is 1. The van der Waals surface area contributed by atoms with E-state index in [9.17, 15) is 29.8 Å². The van der Waals surface area contributed by atoms with Crippen LogP contribution in [0.1, 0.15) is 31.9 Å². The molecule has 11 heteroatoms. The molecular formula is C20H21N3O7S. The second-order valence-corrected chi connectivity index (χ2v) is 7.77. The third kappa shape index (κ3) is 7.37. The molecule has 2 aromatic carbocycles. The molecule has 0 spiro atoms. The number of rotatable bonds is 10. The topological polar surface area (TPSA) is 142 Å². The van der Waals surface area contributed by atoms with Gasteiger partial charge in [-0.2, -0.15) is 0 Å². The van der Waals surface area contributed by atoms with E-state index in [1.165, 1.54) is 42.5 Å². The highest BCUT2D eigenvalue weighted by atomic mass is 32.2. The fourth-order valence-corrected chi connectivity index (χ4v) is 3.42. The van der Waals surface area contributed by atoms with Crippen LogP contribution < -0.4 is 5.32 Å². The maximum absolute atomic E-state index is 12.5. The minimum absolute atomic E-state index is 0.0475. The van der Waals surface area contributed by atoms with E-state index in [-0.39, 0.29) is 35.2 Å². The molecule has 0 aliphatic carbocycles. The lowest BCUT2D eigenvalue weighted by Gasteiger charge is -2.19. The molecule has 10 nitrogen and oxygen atoms in total. The van der Waals surface area contributed by atoms with Crippen LogP contribution >= 0.6 is 11.8 Å². The van der Waals surface area contributed by atoms with Crippen molar-refractivity contribution in [1.29, 1.82) is 0 Å². The van der Waals surface area contributed by atoms with Crippen LogP contribution in [0.4, 0.5) is 11.4 Å². The van der Waals surface area contributed by atoms with Crippen molar-refractivity contribution in [2.45, 2.75) is 37.3 Å². The van der Waals surface area contributed by atoms with Gasteiger partial charge in [0, 0.05) is 23.1 Å². The lowest BCUT2D eigenvalue weighted by molar-refractivity contribution is -0.385. The molecule has 1 N–H and O–H groups in total. The van der Waals surface area contributed by atoms with Gasteiger partial charge in [-0.25, -0.2) is 0 Å². The Labute approximate surface area is 182 Å². The zero-order chi connectivity index (χ0) is 23.0. The average molecular weight is 447 g/mol. The summed E-state index contributed by atoms with van der Waals surface area (Å²) < 4.78 is 5.12. The summed E-state index contributed by atoms with van der Waals surface area (Å²) in [5.74, 6) is -1.10. The number of nitro benzene ring substituents is 2. The van der Waals surface area contributed by atoms with Gasteiger partial charge < -0.3 is 10.1 Å². The lowest BCUT2D eigenvalue weighted by atomic mass is 10.0. The quantitative estimate of drug-likeness (QED) is 0.251. The van der Waals surface area contributed by atoms with E-state index in [1.807, 2.05) is 0 Å². The second-order valence-electron chi connectivity index (χ2n) is 6.72. The smallest absolute Gasteiger partial charge is 0.308 e. The maximum Gasteiger partial charge on any atom is 0.308 e. The predicted molar refractivity (Wildman–Crippen MR) is 114 cm³/mol. The highest BCUT2D eigenvalue weighted by molar-refractivity contribution is 8.00. The van der Waals surface area contributed by atoms with Gasteiger partial charge in [0.05, 0.1) is 39.7 Å². The standard InChI is InChI=1S/C20H21N3O7S/c1-13(2)30-20(25)11-17(16-5-3-4-6-18(16)23(28)29)21-19(24)12-31-15-9-7-14(8-10-15)22(26)27/h3-10,13,17H,11-12H2,1-2H3,(H,21,24). The summed E-state index contributed by atoms with van der Waals surface area (Å²) in [6, 6.07) is 10.6. The van der Waals surface area contributed by atoms with Crippen molar-refractivity contribution in [1.82, 2.24) is 5.32 Å². The van der Waals surface area contributed by atoms with Gasteiger partial charge in [-0.3, -0.25) is 29.8 Å². The first kappa shape index (κ1) is 23.8. The van der Waals surface area contributed by atoms with Gasteiger partial charge in [0.1, 0.15) is 0 Å². The normalized spacial score (nSPS) is 11.6.